The molecule has 176 valence electrons. The number of benzene rings is 2. The zero-order valence-electron chi connectivity index (χ0n) is 18.3. The fourth-order valence-electron chi connectivity index (χ4n) is 3.27. The van der Waals surface area contributed by atoms with Gasteiger partial charge in [0.15, 0.2) is 0 Å². The number of anilines is 1. The molecule has 0 saturated carbocycles. The van der Waals surface area contributed by atoms with Gasteiger partial charge in [-0.2, -0.15) is 0 Å². The molecule has 32 heavy (non-hydrogen) atoms. The molecule has 0 radical (unpaired) electrons. The lowest BCUT2D eigenvalue weighted by Gasteiger charge is -2.14. The number of carboxylic acid groups (broad SMARTS) is 1. The average Bonchev–Trinajstić information content (AvgIpc) is 2.78. The van der Waals surface area contributed by atoms with Crippen LogP contribution in [0, 0.1) is 0 Å². The topological polar surface area (TPSA) is 131 Å². The highest BCUT2D eigenvalue weighted by Gasteiger charge is 2.09. The second-order valence-electron chi connectivity index (χ2n) is 7.67. The molecule has 0 bridgehead atoms. The van der Waals surface area contributed by atoms with Crippen molar-refractivity contribution in [3.05, 3.63) is 59.2 Å². The lowest BCUT2D eigenvalue weighted by atomic mass is 10.1. The molecule has 0 fully saturated rings. The highest BCUT2D eigenvalue weighted by molar-refractivity contribution is 5.82. The average molecular weight is 447 g/mol. The maximum absolute atomic E-state index is 10.6. The van der Waals surface area contributed by atoms with E-state index < -0.39 is 12.2 Å². The summed E-state index contributed by atoms with van der Waals surface area (Å²) in [6, 6.07) is 12.0. The minimum atomic E-state index is -1.07. The van der Waals surface area contributed by atoms with E-state index in [1.54, 1.807) is 24.3 Å². The van der Waals surface area contributed by atoms with Gasteiger partial charge in [0, 0.05) is 24.4 Å². The van der Waals surface area contributed by atoms with Gasteiger partial charge in [-0.05, 0) is 61.2 Å². The van der Waals surface area contributed by atoms with Gasteiger partial charge in [0.05, 0.1) is 19.3 Å². The molecule has 0 aromatic heterocycles. The van der Waals surface area contributed by atoms with Crippen LogP contribution in [0.5, 0.6) is 5.75 Å². The number of ether oxygens (including phenoxy) is 1. The van der Waals surface area contributed by atoms with E-state index in [0.717, 1.165) is 50.8 Å². The minimum Gasteiger partial charge on any atom is -0.508 e. The SMILES string of the molecule is O=C(O)Nc1ccc(CCOCCCCCCNCC(O)c2ccc(O)c(CO)c2)cc1. The summed E-state index contributed by atoms with van der Waals surface area (Å²) in [6.07, 6.45) is 3.22. The van der Waals surface area contributed by atoms with Crippen LogP contribution in [0.25, 0.3) is 0 Å². The number of carbonyl (C=O) groups is 1. The smallest absolute Gasteiger partial charge is 0.409 e. The molecule has 0 aliphatic heterocycles. The highest BCUT2D eigenvalue weighted by atomic mass is 16.5. The fourth-order valence-corrected chi connectivity index (χ4v) is 3.27. The molecule has 2 aromatic rings. The summed E-state index contributed by atoms with van der Waals surface area (Å²) < 4.78 is 5.67. The quantitative estimate of drug-likeness (QED) is 0.231. The maximum Gasteiger partial charge on any atom is 0.409 e. The van der Waals surface area contributed by atoms with Crippen molar-refractivity contribution in [3.63, 3.8) is 0 Å². The number of rotatable bonds is 15. The normalized spacial score (nSPS) is 11.9. The zero-order valence-corrected chi connectivity index (χ0v) is 18.3. The molecule has 2 rings (SSSR count). The summed E-state index contributed by atoms with van der Waals surface area (Å²) in [5.41, 5.74) is 2.75. The predicted octanol–water partition coefficient (Wildman–Crippen LogP) is 3.42. The van der Waals surface area contributed by atoms with Gasteiger partial charge in [-0.15, -0.1) is 0 Å². The van der Waals surface area contributed by atoms with E-state index in [4.69, 9.17) is 9.84 Å². The van der Waals surface area contributed by atoms with E-state index in [9.17, 15) is 20.1 Å². The van der Waals surface area contributed by atoms with E-state index >= 15 is 0 Å². The predicted molar refractivity (Wildman–Crippen MR) is 123 cm³/mol. The number of phenols is 1. The molecular formula is C24H34N2O6. The van der Waals surface area contributed by atoms with Gasteiger partial charge in [0.25, 0.3) is 0 Å². The van der Waals surface area contributed by atoms with Gasteiger partial charge in [0.2, 0.25) is 0 Å². The van der Waals surface area contributed by atoms with E-state index in [2.05, 4.69) is 10.6 Å². The Balaban J connectivity index is 1.45. The van der Waals surface area contributed by atoms with Gasteiger partial charge >= 0.3 is 6.09 Å². The molecule has 0 aliphatic rings. The van der Waals surface area contributed by atoms with Crippen molar-refractivity contribution in [3.8, 4) is 5.75 Å². The first-order valence-electron chi connectivity index (χ1n) is 11.0. The third-order valence-corrected chi connectivity index (χ3v) is 5.13. The number of aliphatic hydroxyl groups excluding tert-OH is 2. The standard InChI is InChI=1S/C24H34N2O6/c27-17-20-15-19(7-10-22(20)28)23(29)16-25-12-3-1-2-4-13-32-14-11-18-5-8-21(9-6-18)26-24(30)31/h5-10,15,23,25-29H,1-4,11-14,16-17H2,(H,30,31). The number of aromatic hydroxyl groups is 1. The third-order valence-electron chi connectivity index (χ3n) is 5.13. The third kappa shape index (κ3) is 9.65. The Bertz CT molecular complexity index is 813. The molecule has 0 saturated heterocycles. The van der Waals surface area contributed by atoms with E-state index in [1.807, 2.05) is 12.1 Å². The molecule has 0 aliphatic carbocycles. The van der Waals surface area contributed by atoms with Crippen LogP contribution in [0.2, 0.25) is 0 Å². The monoisotopic (exact) mass is 446 g/mol. The zero-order chi connectivity index (χ0) is 23.2. The largest absolute Gasteiger partial charge is 0.508 e. The van der Waals surface area contributed by atoms with Crippen LogP contribution in [-0.2, 0) is 17.8 Å². The van der Waals surface area contributed by atoms with Crippen molar-refractivity contribution in [2.45, 2.75) is 44.8 Å². The molecule has 2 aromatic carbocycles. The van der Waals surface area contributed by atoms with Crippen LogP contribution in [0.1, 0.15) is 48.5 Å². The van der Waals surface area contributed by atoms with E-state index in [0.29, 0.717) is 30.0 Å². The van der Waals surface area contributed by atoms with Crippen LogP contribution >= 0.6 is 0 Å². The molecule has 1 atom stereocenters. The lowest BCUT2D eigenvalue weighted by Crippen LogP contribution is -2.22. The second-order valence-corrected chi connectivity index (χ2v) is 7.67. The highest BCUT2D eigenvalue weighted by Crippen LogP contribution is 2.22. The van der Waals surface area contributed by atoms with E-state index in [1.165, 1.54) is 6.07 Å². The summed E-state index contributed by atoms with van der Waals surface area (Å²) in [7, 11) is 0. The van der Waals surface area contributed by atoms with Crippen LogP contribution < -0.4 is 10.6 Å². The molecule has 1 amide bonds. The Morgan fingerprint density at radius 3 is 2.47 bits per heavy atom. The van der Waals surface area contributed by atoms with E-state index in [-0.39, 0.29) is 12.4 Å². The lowest BCUT2D eigenvalue weighted by molar-refractivity contribution is 0.133. The Morgan fingerprint density at radius 1 is 1.00 bits per heavy atom. The van der Waals surface area contributed by atoms with Crippen molar-refractivity contribution in [1.82, 2.24) is 5.32 Å². The summed E-state index contributed by atoms with van der Waals surface area (Å²) in [6.45, 7) is 2.34. The molecule has 1 unspecified atom stereocenters. The molecule has 8 nitrogen and oxygen atoms in total. The van der Waals surface area contributed by atoms with Crippen LogP contribution in [0.3, 0.4) is 0 Å². The van der Waals surface area contributed by atoms with Crippen molar-refractivity contribution in [2.24, 2.45) is 0 Å². The summed E-state index contributed by atoms with van der Waals surface area (Å²) >= 11 is 0. The number of hydrogen-bond acceptors (Lipinski definition) is 6. The number of amides is 1. The van der Waals surface area contributed by atoms with Crippen molar-refractivity contribution in [1.29, 1.82) is 0 Å². The van der Waals surface area contributed by atoms with Gasteiger partial charge in [-0.3, -0.25) is 5.32 Å². The van der Waals surface area contributed by atoms with Gasteiger partial charge in [-0.1, -0.05) is 31.0 Å². The number of nitrogens with one attached hydrogen (secondary N) is 2. The number of aliphatic hydroxyl groups is 2. The first-order valence-corrected chi connectivity index (χ1v) is 11.0. The molecule has 0 spiro atoms. The van der Waals surface area contributed by atoms with Crippen LogP contribution in [0.4, 0.5) is 10.5 Å². The van der Waals surface area contributed by atoms with Gasteiger partial charge < -0.3 is 30.5 Å². The van der Waals surface area contributed by atoms with Crippen molar-refractivity contribution >= 4 is 11.8 Å². The maximum atomic E-state index is 10.6. The first-order chi connectivity index (χ1) is 15.5. The Hall–Kier alpha value is -2.65. The fraction of sp³-hybridized carbons (Fsp3) is 0.458. The number of unbranched alkanes of at least 4 members (excludes halogenated alkanes) is 3. The van der Waals surface area contributed by atoms with Crippen molar-refractivity contribution in [2.75, 3.05) is 31.6 Å². The van der Waals surface area contributed by atoms with Crippen LogP contribution in [-0.4, -0.2) is 52.8 Å². The molecule has 6 N–H and O–H groups in total. The van der Waals surface area contributed by atoms with Gasteiger partial charge in [-0.25, -0.2) is 4.79 Å². The second kappa shape index (κ2) is 14.4. The molecule has 8 heteroatoms. The van der Waals surface area contributed by atoms with Crippen molar-refractivity contribution < 1.29 is 30.0 Å². The Labute approximate surface area is 188 Å². The number of hydrogen-bond donors (Lipinski definition) is 6. The Morgan fingerprint density at radius 2 is 1.75 bits per heavy atom. The van der Waals surface area contributed by atoms with Crippen LogP contribution in [0.15, 0.2) is 42.5 Å². The molecular weight excluding hydrogens is 412 g/mol. The summed E-state index contributed by atoms with van der Waals surface area (Å²) in [5, 5.41) is 43.2. The summed E-state index contributed by atoms with van der Waals surface area (Å²) in [5.74, 6) is 0.0320. The first kappa shape index (κ1) is 25.6. The Kier molecular flexibility index (Phi) is 11.5. The minimum absolute atomic E-state index is 0.0320. The summed E-state index contributed by atoms with van der Waals surface area (Å²) in [4.78, 5) is 10.6. The molecule has 0 heterocycles. The van der Waals surface area contributed by atoms with Gasteiger partial charge in [0.1, 0.15) is 5.75 Å².